The maximum Gasteiger partial charge on any atom is 0.459 e. The fourth-order valence-corrected chi connectivity index (χ4v) is 5.25. The molecule has 0 aliphatic rings. The van der Waals surface area contributed by atoms with Crippen molar-refractivity contribution in [3.05, 3.63) is 87.4 Å². The second kappa shape index (κ2) is 14.5. The van der Waals surface area contributed by atoms with E-state index in [0.29, 0.717) is 5.56 Å². The number of nitrogens with one attached hydrogen (secondary N) is 2. The Balaban J connectivity index is 1.84. The lowest BCUT2D eigenvalue weighted by Crippen LogP contribution is -2.39. The third-order valence-electron chi connectivity index (χ3n) is 5.87. The van der Waals surface area contributed by atoms with Crippen LogP contribution in [0.5, 0.6) is 5.75 Å². The molecule has 0 radical (unpaired) electrons. The third kappa shape index (κ3) is 9.20. The zero-order valence-corrected chi connectivity index (χ0v) is 24.7. The number of H-pyrrole nitrogens is 1. The van der Waals surface area contributed by atoms with Crippen molar-refractivity contribution in [2.24, 2.45) is 0 Å². The molecule has 42 heavy (non-hydrogen) atoms. The van der Waals surface area contributed by atoms with Gasteiger partial charge in [0.25, 0.3) is 5.56 Å². The minimum Gasteiger partial charge on any atom is -0.462 e. The molecule has 3 aromatic rings. The van der Waals surface area contributed by atoms with Gasteiger partial charge in [0.15, 0.2) is 0 Å². The van der Waals surface area contributed by atoms with Crippen molar-refractivity contribution < 1.29 is 37.4 Å². The number of rotatable bonds is 14. The number of aromatic amines is 1. The summed E-state index contributed by atoms with van der Waals surface area (Å²) in [6.07, 6.45) is -2.56. The fraction of sp³-hybridized carbons (Fsp3) is 0.393. The average Bonchev–Trinajstić information content (AvgIpc) is 2.90. The van der Waals surface area contributed by atoms with E-state index in [-0.39, 0.29) is 11.3 Å². The topological polar surface area (TPSA) is 158 Å². The van der Waals surface area contributed by atoms with Gasteiger partial charge in [0.2, 0.25) is 0 Å². The summed E-state index contributed by atoms with van der Waals surface area (Å²) in [5.41, 5.74) is -0.429. The highest BCUT2D eigenvalue weighted by Gasteiger charge is 2.35. The van der Waals surface area contributed by atoms with Gasteiger partial charge in [-0.1, -0.05) is 30.3 Å². The predicted octanol–water partition coefficient (Wildman–Crippen LogP) is 3.76. The van der Waals surface area contributed by atoms with Crippen LogP contribution >= 0.6 is 7.75 Å². The van der Waals surface area contributed by atoms with Gasteiger partial charge >= 0.3 is 19.4 Å². The number of aliphatic hydroxyl groups is 1. The lowest BCUT2D eigenvalue weighted by atomic mass is 10.1. The van der Waals surface area contributed by atoms with Crippen LogP contribution in [0.1, 0.15) is 40.8 Å². The van der Waals surface area contributed by atoms with E-state index in [1.807, 2.05) is 0 Å². The molecule has 3 rings (SSSR count). The van der Waals surface area contributed by atoms with Crippen molar-refractivity contribution in [3.63, 3.8) is 0 Å². The van der Waals surface area contributed by atoms with Gasteiger partial charge in [-0.2, -0.15) is 5.09 Å². The fourth-order valence-electron chi connectivity index (χ4n) is 3.75. The summed E-state index contributed by atoms with van der Waals surface area (Å²) >= 11 is 0. The van der Waals surface area contributed by atoms with Crippen LogP contribution in [0.2, 0.25) is 0 Å². The standard InChI is InChI=1S/C28H35FN3O9P/c1-17(2)39-27(35)18(3)31-42(37,41-22-11-12-23(24(29)15-22)21-9-7-6-8-10-21)38-16-25(19(4)33)40-20(5)32-14-13-26(34)30-28(32)36/h6-15,17-20,25,33H,16H2,1-5H3,(H,31,37)(H,30,34,36)/t18-,19-,20+,25+,42?/m0/s1. The molecule has 14 heteroatoms. The van der Waals surface area contributed by atoms with Crippen molar-refractivity contribution in [2.75, 3.05) is 6.61 Å². The average molecular weight is 608 g/mol. The number of benzene rings is 2. The highest BCUT2D eigenvalue weighted by atomic mass is 31.2. The molecular formula is C28H35FN3O9P. The molecule has 1 heterocycles. The molecule has 1 aromatic heterocycles. The highest BCUT2D eigenvalue weighted by molar-refractivity contribution is 7.52. The molecule has 3 N–H and O–H groups in total. The Hall–Kier alpha value is -3.61. The molecule has 1 unspecified atom stereocenters. The summed E-state index contributed by atoms with van der Waals surface area (Å²) in [6.45, 7) is 7.01. The van der Waals surface area contributed by atoms with Gasteiger partial charge < -0.3 is 19.1 Å². The van der Waals surface area contributed by atoms with Crippen molar-refractivity contribution >= 4 is 13.7 Å². The smallest absolute Gasteiger partial charge is 0.459 e. The van der Waals surface area contributed by atoms with Crippen molar-refractivity contribution in [3.8, 4) is 16.9 Å². The number of aliphatic hydroxyl groups excluding tert-OH is 1. The number of esters is 1. The number of halogens is 1. The lowest BCUT2D eigenvalue weighted by Gasteiger charge is -2.28. The summed E-state index contributed by atoms with van der Waals surface area (Å²) in [4.78, 5) is 38.1. The van der Waals surface area contributed by atoms with E-state index in [2.05, 4.69) is 10.1 Å². The molecule has 5 atom stereocenters. The SMILES string of the molecule is CC(C)OC(=O)[C@H](C)NP(=O)(OC[C@@H](O[C@H](C)n1ccc(=O)[nH]c1=O)[C@H](C)O)Oc1ccc(-c2ccccc2)c(F)c1. The largest absolute Gasteiger partial charge is 0.462 e. The van der Waals surface area contributed by atoms with E-state index in [4.69, 9.17) is 18.5 Å². The van der Waals surface area contributed by atoms with E-state index in [1.165, 1.54) is 39.1 Å². The first-order valence-electron chi connectivity index (χ1n) is 13.2. The van der Waals surface area contributed by atoms with E-state index in [0.717, 1.165) is 16.7 Å². The number of carbonyl (C=O) groups is 1. The van der Waals surface area contributed by atoms with E-state index < -0.39 is 68.0 Å². The third-order valence-corrected chi connectivity index (χ3v) is 7.51. The van der Waals surface area contributed by atoms with Gasteiger partial charge in [-0.25, -0.2) is 13.8 Å². The normalized spacial score (nSPS) is 15.8. The first-order chi connectivity index (χ1) is 19.8. The van der Waals surface area contributed by atoms with Crippen LogP contribution < -0.4 is 20.9 Å². The molecule has 0 aliphatic carbocycles. The van der Waals surface area contributed by atoms with Crippen LogP contribution in [0.25, 0.3) is 11.1 Å². The highest BCUT2D eigenvalue weighted by Crippen LogP contribution is 2.46. The molecular weight excluding hydrogens is 572 g/mol. The van der Waals surface area contributed by atoms with Crippen LogP contribution in [-0.2, 0) is 23.4 Å². The number of carbonyl (C=O) groups excluding carboxylic acids is 1. The van der Waals surface area contributed by atoms with Crippen LogP contribution in [0.15, 0.2) is 70.4 Å². The Morgan fingerprint density at radius 2 is 1.76 bits per heavy atom. The van der Waals surface area contributed by atoms with Gasteiger partial charge in [-0.3, -0.25) is 23.7 Å². The van der Waals surface area contributed by atoms with Crippen LogP contribution in [0, 0.1) is 5.82 Å². The quantitative estimate of drug-likeness (QED) is 0.182. The number of hydrogen-bond acceptors (Lipinski definition) is 9. The molecule has 2 aromatic carbocycles. The summed E-state index contributed by atoms with van der Waals surface area (Å²) in [7, 11) is -4.45. The molecule has 0 aliphatic heterocycles. The van der Waals surface area contributed by atoms with Crippen molar-refractivity contribution in [2.45, 2.75) is 65.2 Å². The second-order valence-electron chi connectivity index (χ2n) is 9.76. The Morgan fingerprint density at radius 1 is 1.07 bits per heavy atom. The molecule has 228 valence electrons. The maximum absolute atomic E-state index is 15.0. The van der Waals surface area contributed by atoms with E-state index >= 15 is 4.39 Å². The molecule has 0 saturated carbocycles. The van der Waals surface area contributed by atoms with Crippen LogP contribution in [0.4, 0.5) is 4.39 Å². The molecule has 0 amide bonds. The summed E-state index contributed by atoms with van der Waals surface area (Å²) < 4.78 is 52.1. The second-order valence-corrected chi connectivity index (χ2v) is 11.5. The number of ether oxygens (including phenoxy) is 2. The molecule has 0 bridgehead atoms. The minimum atomic E-state index is -4.45. The zero-order valence-electron chi connectivity index (χ0n) is 23.9. The van der Waals surface area contributed by atoms with Crippen molar-refractivity contribution in [1.29, 1.82) is 0 Å². The predicted molar refractivity (Wildman–Crippen MR) is 152 cm³/mol. The van der Waals surface area contributed by atoms with Crippen LogP contribution in [-0.4, -0.2) is 51.6 Å². The van der Waals surface area contributed by atoms with Crippen LogP contribution in [0.3, 0.4) is 0 Å². The Kier molecular flexibility index (Phi) is 11.4. The molecule has 12 nitrogen and oxygen atoms in total. The first-order valence-corrected chi connectivity index (χ1v) is 14.7. The van der Waals surface area contributed by atoms with Gasteiger partial charge in [0.05, 0.1) is 18.8 Å². The number of nitrogens with zero attached hydrogens (tertiary/aromatic N) is 1. The van der Waals surface area contributed by atoms with Gasteiger partial charge in [-0.05, 0) is 52.3 Å². The molecule has 0 saturated heterocycles. The van der Waals surface area contributed by atoms with Crippen molar-refractivity contribution in [1.82, 2.24) is 14.6 Å². The Morgan fingerprint density at radius 3 is 2.36 bits per heavy atom. The van der Waals surface area contributed by atoms with Gasteiger partial charge in [0, 0.05) is 23.9 Å². The molecule has 0 fully saturated rings. The van der Waals surface area contributed by atoms with Gasteiger partial charge in [0.1, 0.15) is 29.9 Å². The van der Waals surface area contributed by atoms with Gasteiger partial charge in [-0.15, -0.1) is 0 Å². The summed E-state index contributed by atoms with van der Waals surface area (Å²) in [5.74, 6) is -1.55. The minimum absolute atomic E-state index is 0.157. The maximum atomic E-state index is 15.0. The number of aromatic nitrogens is 2. The lowest BCUT2D eigenvalue weighted by molar-refractivity contribution is -0.149. The Bertz CT molecular complexity index is 1510. The zero-order chi connectivity index (χ0) is 31.0. The monoisotopic (exact) mass is 607 g/mol. The summed E-state index contributed by atoms with van der Waals surface area (Å²) in [5, 5.41) is 12.8. The first kappa shape index (κ1) is 32.9. The Labute approximate surface area is 242 Å². The molecule has 0 spiro atoms. The van der Waals surface area contributed by atoms with E-state index in [9.17, 15) is 24.1 Å². The summed E-state index contributed by atoms with van der Waals surface area (Å²) in [6, 6.07) is 12.6. The number of hydrogen-bond donors (Lipinski definition) is 3. The van der Waals surface area contributed by atoms with E-state index in [1.54, 1.807) is 44.2 Å².